The molecule has 2 nitrogen and oxygen atoms in total. The summed E-state index contributed by atoms with van der Waals surface area (Å²) in [5.41, 5.74) is 4.89. The predicted octanol–water partition coefficient (Wildman–Crippen LogP) is 15.6. The van der Waals surface area contributed by atoms with Gasteiger partial charge in [-0.2, -0.15) is 0 Å². The van der Waals surface area contributed by atoms with Crippen LogP contribution in [0.5, 0.6) is 11.5 Å². The molecule has 5 rings (SSSR count). The topological polar surface area (TPSA) is 29.5 Å². The number of para-hydroxylation sites is 1. The van der Waals surface area contributed by atoms with Gasteiger partial charge in [-0.15, -0.1) is 0 Å². The molecule has 5 aromatic rings. The lowest BCUT2D eigenvalue weighted by Crippen LogP contribution is -1.92. The van der Waals surface area contributed by atoms with Gasteiger partial charge < -0.3 is 9.84 Å². The van der Waals surface area contributed by atoms with Crippen molar-refractivity contribution in [2.45, 2.75) is 98.8 Å². The van der Waals surface area contributed by atoms with Crippen LogP contribution in [-0.4, -0.2) is 12.2 Å². The molecule has 0 unspecified atom stereocenters. The molecule has 0 bridgehead atoms. The third kappa shape index (κ3) is 17.4. The first-order valence-electron chi connectivity index (χ1n) is 18.0. The van der Waals surface area contributed by atoms with Crippen LogP contribution >= 0.6 is 23.2 Å². The molecule has 0 aromatic heterocycles. The number of hydrogen-bond acceptors (Lipinski definition) is 2. The Bertz CT molecular complexity index is 1820. The zero-order valence-electron chi connectivity index (χ0n) is 33.3. The van der Waals surface area contributed by atoms with Crippen LogP contribution in [0.15, 0.2) is 103 Å². The van der Waals surface area contributed by atoms with Gasteiger partial charge in [0.25, 0.3) is 0 Å². The molecule has 0 aliphatic rings. The van der Waals surface area contributed by atoms with E-state index in [1.54, 1.807) is 30.3 Å². The summed E-state index contributed by atoms with van der Waals surface area (Å²) in [5.74, 6) is 1.51. The molecule has 0 amide bonds. The maximum absolute atomic E-state index is 13.1. The third-order valence-electron chi connectivity index (χ3n) is 8.13. The number of ether oxygens (including phenoxy) is 1. The highest BCUT2D eigenvalue weighted by atomic mass is 35.5. The Balaban J connectivity index is 0.000000338. The molecule has 0 saturated heterocycles. The van der Waals surface area contributed by atoms with Gasteiger partial charge in [-0.25, -0.2) is 17.6 Å². The highest BCUT2D eigenvalue weighted by molar-refractivity contribution is 6.30. The Morgan fingerprint density at radius 3 is 1.37 bits per heavy atom. The SMILES string of the molecule is CC(C)c1ccc(Cl)c(F)c1.CC(C)c1ccc(Cl)cc1F.CC(C)c1ccc(F)cc1.CC(C)c1ccccc1O.COc1ccc(C(C)C)cc1F. The van der Waals surface area contributed by atoms with Gasteiger partial charge in [0, 0.05) is 5.02 Å². The smallest absolute Gasteiger partial charge is 0.165 e. The first kappa shape index (κ1) is 48.0. The summed E-state index contributed by atoms with van der Waals surface area (Å²) in [4.78, 5) is 0. The van der Waals surface area contributed by atoms with Crippen LogP contribution in [0.25, 0.3) is 0 Å². The first-order chi connectivity index (χ1) is 25.3. The second-order valence-corrected chi connectivity index (χ2v) is 15.0. The second-order valence-electron chi connectivity index (χ2n) is 14.1. The molecule has 8 heteroatoms. The van der Waals surface area contributed by atoms with Gasteiger partial charge in [-0.1, -0.05) is 141 Å². The average Bonchev–Trinajstić information content (AvgIpc) is 3.10. The highest BCUT2D eigenvalue weighted by Gasteiger charge is 2.07. The number of halogens is 6. The Hall–Kier alpha value is -4.00. The van der Waals surface area contributed by atoms with E-state index < -0.39 is 0 Å². The second kappa shape index (κ2) is 24.4. The standard InChI is InChI=1S/C10H13FO.2C9H10ClF.C9H11F.C9H12O/c1-7(2)8-4-5-10(12-3)9(11)6-8;1-6(2)8-4-3-7(10)5-9(8)11;1-6(2)7-3-4-8(10)9(11)5-7;1-7(2)8-3-5-9(10)6-4-8;1-7(2)8-5-3-4-6-9(8)10/h4-7H,1-3H3;2*3-6H,1-2H3;3-7H,1-2H3;3-7,10H,1-2H3. The quantitative estimate of drug-likeness (QED) is 0.174. The molecule has 0 radical (unpaired) electrons. The summed E-state index contributed by atoms with van der Waals surface area (Å²) in [6.45, 7) is 20.3. The van der Waals surface area contributed by atoms with E-state index in [2.05, 4.69) is 27.7 Å². The van der Waals surface area contributed by atoms with E-state index in [9.17, 15) is 22.7 Å². The molecule has 0 atom stereocenters. The zero-order chi connectivity index (χ0) is 41.1. The largest absolute Gasteiger partial charge is 0.508 e. The molecule has 0 aliphatic carbocycles. The van der Waals surface area contributed by atoms with Gasteiger partial charge in [-0.3, -0.25) is 0 Å². The van der Waals surface area contributed by atoms with Crippen molar-refractivity contribution in [2.75, 3.05) is 7.11 Å². The minimum Gasteiger partial charge on any atom is -0.508 e. The molecule has 0 fully saturated rings. The van der Waals surface area contributed by atoms with E-state index in [1.165, 1.54) is 43.0 Å². The minimum absolute atomic E-state index is 0.163. The summed E-state index contributed by atoms with van der Waals surface area (Å²) in [6.07, 6.45) is 0. The lowest BCUT2D eigenvalue weighted by molar-refractivity contribution is 0.386. The van der Waals surface area contributed by atoms with Gasteiger partial charge in [0.2, 0.25) is 0 Å². The van der Waals surface area contributed by atoms with Crippen molar-refractivity contribution in [3.05, 3.63) is 164 Å². The van der Waals surface area contributed by atoms with Crippen molar-refractivity contribution in [3.63, 3.8) is 0 Å². The number of aromatic hydroxyl groups is 1. The van der Waals surface area contributed by atoms with Crippen molar-refractivity contribution < 1.29 is 27.4 Å². The monoisotopic (exact) mass is 786 g/mol. The molecule has 0 aliphatic heterocycles. The number of methoxy groups -OCH3 is 1. The van der Waals surface area contributed by atoms with Crippen molar-refractivity contribution in [1.29, 1.82) is 0 Å². The van der Waals surface area contributed by atoms with Gasteiger partial charge in [0.05, 0.1) is 12.1 Å². The van der Waals surface area contributed by atoms with Crippen molar-refractivity contribution in [2.24, 2.45) is 0 Å². The van der Waals surface area contributed by atoms with E-state index in [1.807, 2.05) is 84.0 Å². The highest BCUT2D eigenvalue weighted by Crippen LogP contribution is 2.25. The maximum Gasteiger partial charge on any atom is 0.165 e. The molecule has 0 heterocycles. The van der Waals surface area contributed by atoms with Crippen LogP contribution < -0.4 is 4.74 Å². The predicted molar refractivity (Wildman–Crippen MR) is 221 cm³/mol. The lowest BCUT2D eigenvalue weighted by Gasteiger charge is -2.07. The van der Waals surface area contributed by atoms with Crippen LogP contribution in [0.1, 0.15) is 127 Å². The fourth-order valence-electron chi connectivity index (χ4n) is 4.71. The van der Waals surface area contributed by atoms with E-state index in [0.717, 1.165) is 22.3 Å². The van der Waals surface area contributed by atoms with Crippen molar-refractivity contribution in [1.82, 2.24) is 0 Å². The van der Waals surface area contributed by atoms with Gasteiger partial charge >= 0.3 is 0 Å². The van der Waals surface area contributed by atoms with Gasteiger partial charge in [0.1, 0.15) is 23.2 Å². The molecule has 0 saturated carbocycles. The van der Waals surface area contributed by atoms with E-state index in [0.29, 0.717) is 40.2 Å². The molecule has 294 valence electrons. The first-order valence-corrected chi connectivity index (χ1v) is 18.8. The summed E-state index contributed by atoms with van der Waals surface area (Å²) in [5, 5.41) is 9.92. The molecular formula is C46H56Cl2F4O2. The molecule has 0 spiro atoms. The molecule has 5 aromatic carbocycles. The molecular weight excluding hydrogens is 731 g/mol. The number of benzene rings is 5. The Labute approximate surface area is 331 Å². The van der Waals surface area contributed by atoms with Crippen molar-refractivity contribution in [3.8, 4) is 11.5 Å². The Morgan fingerprint density at radius 1 is 0.481 bits per heavy atom. The third-order valence-corrected chi connectivity index (χ3v) is 8.67. The fourth-order valence-corrected chi connectivity index (χ4v) is 4.98. The average molecular weight is 788 g/mol. The minimum atomic E-state index is -0.335. The number of phenols is 1. The van der Waals surface area contributed by atoms with E-state index in [4.69, 9.17) is 27.9 Å². The van der Waals surface area contributed by atoms with Crippen LogP contribution in [0.2, 0.25) is 10.0 Å². The van der Waals surface area contributed by atoms with Crippen molar-refractivity contribution >= 4 is 23.2 Å². The van der Waals surface area contributed by atoms with E-state index in [-0.39, 0.29) is 34.2 Å². The normalized spacial score (nSPS) is 10.5. The summed E-state index contributed by atoms with van der Waals surface area (Å²) in [7, 11) is 1.47. The summed E-state index contributed by atoms with van der Waals surface area (Å²) in [6, 6.07) is 28.8. The van der Waals surface area contributed by atoms with Gasteiger partial charge in [0.15, 0.2) is 11.6 Å². The van der Waals surface area contributed by atoms with E-state index >= 15 is 0 Å². The lowest BCUT2D eigenvalue weighted by atomic mass is 10.0. The maximum atomic E-state index is 13.1. The zero-order valence-corrected chi connectivity index (χ0v) is 34.8. The van der Waals surface area contributed by atoms with Crippen LogP contribution in [0.4, 0.5) is 17.6 Å². The molecule has 1 N–H and O–H groups in total. The fraction of sp³-hybridized carbons (Fsp3) is 0.348. The van der Waals surface area contributed by atoms with Crippen LogP contribution in [-0.2, 0) is 0 Å². The number of phenolic OH excluding ortho intramolecular Hbond substituents is 1. The Kier molecular flexibility index (Phi) is 21.7. The van der Waals surface area contributed by atoms with Gasteiger partial charge in [-0.05, 0) is 112 Å². The summed E-state index contributed by atoms with van der Waals surface area (Å²) < 4.78 is 56.1. The van der Waals surface area contributed by atoms with Crippen LogP contribution in [0, 0.1) is 23.3 Å². The van der Waals surface area contributed by atoms with Crippen LogP contribution in [0.3, 0.4) is 0 Å². The number of rotatable bonds is 6. The number of hydrogen-bond donors (Lipinski definition) is 1. The molecule has 54 heavy (non-hydrogen) atoms. The summed E-state index contributed by atoms with van der Waals surface area (Å²) >= 11 is 11.1. The Morgan fingerprint density at radius 2 is 0.963 bits per heavy atom.